The number of nitrogens with one attached hydrogen (secondary N) is 3. The first-order valence-electron chi connectivity index (χ1n) is 12.7. The molecule has 0 bridgehead atoms. The summed E-state index contributed by atoms with van der Waals surface area (Å²) < 4.78 is 10.6. The minimum absolute atomic E-state index is 0. The number of carbonyl (C=O) groups excluding carboxylic acids is 5. The predicted molar refractivity (Wildman–Crippen MR) is 154 cm³/mol. The summed E-state index contributed by atoms with van der Waals surface area (Å²) in [5, 5.41) is 13.9. The van der Waals surface area contributed by atoms with Gasteiger partial charge in [0.2, 0.25) is 5.91 Å². The number of alkyl carbamates (subject to hydrolysis) is 1. The first-order valence-corrected chi connectivity index (χ1v) is 12.7. The number of benzene rings is 2. The van der Waals surface area contributed by atoms with Crippen LogP contribution in [-0.4, -0.2) is 63.9 Å². The van der Waals surface area contributed by atoms with E-state index >= 15 is 0 Å². The molecule has 0 aliphatic carbocycles. The molecule has 1 heterocycles. The molecule has 1 aliphatic rings. The Balaban J connectivity index is 0.00000616. The summed E-state index contributed by atoms with van der Waals surface area (Å²) in [6.07, 6.45) is -0.971. The number of esters is 1. The summed E-state index contributed by atoms with van der Waals surface area (Å²) in [7, 11) is 0. The summed E-state index contributed by atoms with van der Waals surface area (Å²) >= 11 is 0. The second-order valence-electron chi connectivity index (χ2n) is 10.6. The lowest BCUT2D eigenvalue weighted by Crippen LogP contribution is -2.58. The van der Waals surface area contributed by atoms with Crippen LogP contribution in [-0.2, 0) is 36.0 Å². The van der Waals surface area contributed by atoms with Crippen LogP contribution in [0.5, 0.6) is 0 Å². The molecule has 2 aromatic carbocycles. The largest absolute Gasteiger partial charge is 0.458 e. The van der Waals surface area contributed by atoms with Crippen molar-refractivity contribution >= 4 is 48.2 Å². The monoisotopic (exact) mass is 602 g/mol. The number of hydrogen-bond donors (Lipinski definition) is 4. The van der Waals surface area contributed by atoms with E-state index in [0.717, 1.165) is 11.9 Å². The van der Waals surface area contributed by atoms with Gasteiger partial charge in [-0.15, -0.1) is 12.4 Å². The molecule has 0 aromatic heterocycles. The van der Waals surface area contributed by atoms with Crippen LogP contribution in [0.3, 0.4) is 0 Å². The van der Waals surface area contributed by atoms with Crippen LogP contribution >= 0.6 is 12.4 Å². The number of hydrogen-bond acceptors (Lipinski definition) is 8. The van der Waals surface area contributed by atoms with E-state index in [2.05, 4.69) is 10.6 Å². The molecule has 13 nitrogen and oxygen atoms in total. The number of ether oxygens (including phenoxy) is 2. The van der Waals surface area contributed by atoms with E-state index in [1.54, 1.807) is 51.1 Å². The highest BCUT2D eigenvalue weighted by molar-refractivity contribution is 6.08. The van der Waals surface area contributed by atoms with Crippen LogP contribution in [0.25, 0.3) is 0 Å². The van der Waals surface area contributed by atoms with Crippen molar-refractivity contribution in [1.29, 1.82) is 5.41 Å². The number of amidine groups is 1. The fraction of sp³-hybridized carbons (Fsp3) is 0.357. The molecule has 42 heavy (non-hydrogen) atoms. The van der Waals surface area contributed by atoms with Gasteiger partial charge in [0, 0.05) is 12.5 Å². The molecule has 14 heteroatoms. The highest BCUT2D eigenvalue weighted by Crippen LogP contribution is 2.30. The van der Waals surface area contributed by atoms with Crippen molar-refractivity contribution < 1.29 is 33.4 Å². The number of nitrogens with zero attached hydrogens (tertiary/aromatic N) is 2. The van der Waals surface area contributed by atoms with Gasteiger partial charge in [0.25, 0.3) is 5.91 Å². The zero-order chi connectivity index (χ0) is 30.5. The van der Waals surface area contributed by atoms with Gasteiger partial charge in [-0.05, 0) is 38.8 Å². The Labute approximate surface area is 249 Å². The lowest BCUT2D eigenvalue weighted by molar-refractivity contribution is -0.164. The van der Waals surface area contributed by atoms with Gasteiger partial charge in [-0.2, -0.15) is 5.01 Å². The first-order chi connectivity index (χ1) is 19.1. The van der Waals surface area contributed by atoms with Crippen molar-refractivity contribution in [3.05, 3.63) is 71.3 Å². The molecule has 2 aromatic rings. The normalized spacial score (nSPS) is 16.9. The summed E-state index contributed by atoms with van der Waals surface area (Å²) in [4.78, 5) is 65.2. The molecule has 5 N–H and O–H groups in total. The Morgan fingerprint density at radius 2 is 1.69 bits per heavy atom. The number of amides is 5. The standard InChI is InChI=1S/C28H34N6O7.ClH/c1-17(35)33(34-24(37)28(5,32-25(34)38)20-13-11-19(12-14-20)22(29)30)15-21(23(36)41-27(2,3)4)31-26(39)40-16-18-9-7-6-8-10-18;/h6-14,21H,15-16H2,1-5H3,(H3,29,30)(H,31,39)(H,32,38);1H. The molecule has 0 saturated carbocycles. The molecular formula is C28H35ClN6O7. The van der Waals surface area contributed by atoms with E-state index in [9.17, 15) is 24.0 Å². The number of imide groups is 1. The van der Waals surface area contributed by atoms with Crippen LogP contribution in [0, 0.1) is 5.41 Å². The minimum atomic E-state index is -1.58. The van der Waals surface area contributed by atoms with Gasteiger partial charge in [-0.25, -0.2) is 19.4 Å². The van der Waals surface area contributed by atoms with Gasteiger partial charge >= 0.3 is 18.1 Å². The Hall–Kier alpha value is -4.65. The van der Waals surface area contributed by atoms with Gasteiger partial charge < -0.3 is 25.8 Å². The van der Waals surface area contributed by atoms with Crippen LogP contribution in [0.4, 0.5) is 9.59 Å². The second-order valence-corrected chi connectivity index (χ2v) is 10.6. The molecule has 226 valence electrons. The second kappa shape index (κ2) is 13.3. The molecule has 1 saturated heterocycles. The molecule has 1 fully saturated rings. The summed E-state index contributed by atoms with van der Waals surface area (Å²) in [5.41, 5.74) is 4.47. The molecule has 2 unspecified atom stereocenters. The number of urea groups is 1. The zero-order valence-electron chi connectivity index (χ0n) is 23.9. The highest BCUT2D eigenvalue weighted by atomic mass is 35.5. The van der Waals surface area contributed by atoms with Crippen molar-refractivity contribution in [2.24, 2.45) is 5.73 Å². The Morgan fingerprint density at radius 3 is 2.21 bits per heavy atom. The van der Waals surface area contributed by atoms with Crippen molar-refractivity contribution in [3.8, 4) is 0 Å². The topological polar surface area (TPSA) is 184 Å². The maximum absolute atomic E-state index is 13.6. The third-order valence-corrected chi connectivity index (χ3v) is 6.10. The summed E-state index contributed by atoms with van der Waals surface area (Å²) in [6, 6.07) is 12.5. The maximum Gasteiger partial charge on any atom is 0.408 e. The molecule has 5 amide bonds. The average Bonchev–Trinajstić information content (AvgIpc) is 3.13. The number of carbonyl (C=O) groups is 5. The van der Waals surface area contributed by atoms with Gasteiger partial charge in [0.05, 0.1) is 6.54 Å². The van der Waals surface area contributed by atoms with E-state index < -0.39 is 53.6 Å². The molecular weight excluding hydrogens is 568 g/mol. The van der Waals surface area contributed by atoms with Crippen LogP contribution < -0.4 is 16.4 Å². The maximum atomic E-state index is 13.6. The SMILES string of the molecule is CC(=O)N(CC(NC(=O)OCc1ccccc1)C(=O)OC(C)(C)C)N1C(=O)NC(C)(c2ccc(C(=N)N)cc2)C1=O.Cl. The van der Waals surface area contributed by atoms with E-state index in [1.807, 2.05) is 0 Å². The average molecular weight is 603 g/mol. The van der Waals surface area contributed by atoms with Crippen LogP contribution in [0.15, 0.2) is 54.6 Å². The fourth-order valence-corrected chi connectivity index (χ4v) is 4.01. The van der Waals surface area contributed by atoms with Gasteiger partial charge in [0.1, 0.15) is 29.6 Å². The Kier molecular flexibility index (Phi) is 10.7. The number of hydrazine groups is 1. The van der Waals surface area contributed by atoms with Crippen molar-refractivity contribution in [3.63, 3.8) is 0 Å². The lowest BCUT2D eigenvalue weighted by atomic mass is 9.91. The molecule has 0 spiro atoms. The first kappa shape index (κ1) is 33.6. The number of halogens is 1. The predicted octanol–water partition coefficient (Wildman–Crippen LogP) is 2.56. The number of rotatable bonds is 9. The van der Waals surface area contributed by atoms with Crippen LogP contribution in [0.2, 0.25) is 0 Å². The third kappa shape index (κ3) is 7.97. The number of nitrogens with two attached hydrogens (primary N) is 1. The smallest absolute Gasteiger partial charge is 0.408 e. The minimum Gasteiger partial charge on any atom is -0.458 e. The fourth-order valence-electron chi connectivity index (χ4n) is 4.01. The highest BCUT2D eigenvalue weighted by Gasteiger charge is 2.52. The third-order valence-electron chi connectivity index (χ3n) is 6.10. The van der Waals surface area contributed by atoms with Crippen molar-refractivity contribution in [1.82, 2.24) is 20.7 Å². The molecule has 2 atom stereocenters. The van der Waals surface area contributed by atoms with E-state index in [1.165, 1.54) is 31.2 Å². The molecule has 3 rings (SSSR count). The van der Waals surface area contributed by atoms with Gasteiger partial charge in [-0.1, -0.05) is 54.6 Å². The van der Waals surface area contributed by atoms with Crippen molar-refractivity contribution in [2.75, 3.05) is 6.54 Å². The van der Waals surface area contributed by atoms with Crippen molar-refractivity contribution in [2.45, 2.75) is 58.4 Å². The quantitative estimate of drug-likeness (QED) is 0.146. The summed E-state index contributed by atoms with van der Waals surface area (Å²) in [5.74, 6) is -2.63. The van der Waals surface area contributed by atoms with Gasteiger partial charge in [-0.3, -0.25) is 15.0 Å². The van der Waals surface area contributed by atoms with Gasteiger partial charge in [0.15, 0.2) is 0 Å². The van der Waals surface area contributed by atoms with E-state index in [-0.39, 0.29) is 24.8 Å². The van der Waals surface area contributed by atoms with Crippen LogP contribution in [0.1, 0.15) is 51.3 Å². The lowest BCUT2D eigenvalue weighted by Gasteiger charge is -2.32. The molecule has 1 aliphatic heterocycles. The number of nitrogen functional groups attached to an aromatic ring is 1. The van der Waals surface area contributed by atoms with E-state index in [0.29, 0.717) is 21.7 Å². The Morgan fingerprint density at radius 1 is 1.10 bits per heavy atom. The zero-order valence-corrected chi connectivity index (χ0v) is 24.7. The van der Waals surface area contributed by atoms with E-state index in [4.69, 9.17) is 20.6 Å². The molecule has 0 radical (unpaired) electrons. The Bertz CT molecular complexity index is 1350. The summed E-state index contributed by atoms with van der Waals surface area (Å²) in [6.45, 7) is 6.74.